The highest BCUT2D eigenvalue weighted by molar-refractivity contribution is 5.82. The molecule has 0 saturated carbocycles. The molecule has 6 nitrogen and oxygen atoms in total. The molecule has 1 aromatic heterocycles. The number of H-pyrrole nitrogens is 1. The number of hydrogen-bond donors (Lipinski definition) is 1. The molecule has 2 aromatic rings. The molecule has 0 spiro atoms. The average molecular weight is 303 g/mol. The number of anilines is 1. The van der Waals surface area contributed by atoms with Crippen LogP contribution in [0.25, 0.3) is 11.1 Å². The minimum Gasteiger partial charge on any atom is -0.408 e. The second-order valence-corrected chi connectivity index (χ2v) is 6.72. The van der Waals surface area contributed by atoms with Crippen LogP contribution < -0.4 is 10.7 Å². The van der Waals surface area contributed by atoms with Gasteiger partial charge in [0.1, 0.15) is 0 Å². The Hall–Kier alpha value is -2.24. The maximum atomic E-state index is 12.3. The number of fused-ring (bicyclic) bond motifs is 1. The lowest BCUT2D eigenvalue weighted by Crippen LogP contribution is -2.51. The third-order valence-corrected chi connectivity index (χ3v) is 3.98. The van der Waals surface area contributed by atoms with Gasteiger partial charge in [0.05, 0.1) is 5.52 Å². The lowest BCUT2D eigenvalue weighted by molar-refractivity contribution is -0.139. The van der Waals surface area contributed by atoms with E-state index in [1.165, 1.54) is 0 Å². The molecule has 118 valence electrons. The summed E-state index contributed by atoms with van der Waals surface area (Å²) in [7, 11) is 0. The highest BCUT2D eigenvalue weighted by atomic mass is 16.4. The topological polar surface area (TPSA) is 69.6 Å². The predicted octanol–water partition coefficient (Wildman–Crippen LogP) is 1.82. The third kappa shape index (κ3) is 2.73. The van der Waals surface area contributed by atoms with Gasteiger partial charge in [-0.3, -0.25) is 9.78 Å². The van der Waals surface area contributed by atoms with Crippen LogP contribution in [0.15, 0.2) is 27.4 Å². The molecule has 0 aliphatic carbocycles. The van der Waals surface area contributed by atoms with Gasteiger partial charge in [-0.1, -0.05) is 20.8 Å². The van der Waals surface area contributed by atoms with Crippen molar-refractivity contribution in [1.82, 2.24) is 9.88 Å². The Morgan fingerprint density at radius 2 is 1.86 bits per heavy atom. The first-order valence-electron chi connectivity index (χ1n) is 7.52. The van der Waals surface area contributed by atoms with E-state index in [1.54, 1.807) is 0 Å². The molecular formula is C16H21N3O3. The van der Waals surface area contributed by atoms with Gasteiger partial charge in [0.15, 0.2) is 5.58 Å². The quantitative estimate of drug-likeness (QED) is 0.872. The Kier molecular flexibility index (Phi) is 3.47. The summed E-state index contributed by atoms with van der Waals surface area (Å²) < 4.78 is 5.10. The van der Waals surface area contributed by atoms with Gasteiger partial charge in [-0.2, -0.15) is 0 Å². The maximum absolute atomic E-state index is 12.3. The van der Waals surface area contributed by atoms with Crippen molar-refractivity contribution in [2.24, 2.45) is 5.41 Å². The lowest BCUT2D eigenvalue weighted by atomic mass is 9.94. The van der Waals surface area contributed by atoms with Crippen LogP contribution in [0.3, 0.4) is 0 Å². The number of carbonyl (C=O) groups excluding carboxylic acids is 1. The molecule has 0 radical (unpaired) electrons. The van der Waals surface area contributed by atoms with Crippen molar-refractivity contribution < 1.29 is 9.21 Å². The Bertz CT molecular complexity index is 746. The van der Waals surface area contributed by atoms with Gasteiger partial charge in [0.25, 0.3) is 0 Å². The van der Waals surface area contributed by atoms with Crippen LogP contribution in [-0.4, -0.2) is 42.0 Å². The molecule has 1 N–H and O–H groups in total. The lowest BCUT2D eigenvalue weighted by Gasteiger charge is -2.38. The number of amides is 1. The van der Waals surface area contributed by atoms with E-state index in [0.717, 1.165) is 18.8 Å². The molecule has 1 saturated heterocycles. The number of aromatic nitrogens is 1. The van der Waals surface area contributed by atoms with Crippen LogP contribution >= 0.6 is 0 Å². The van der Waals surface area contributed by atoms with E-state index in [4.69, 9.17) is 4.42 Å². The van der Waals surface area contributed by atoms with E-state index >= 15 is 0 Å². The standard InChI is InChI=1S/C16H21N3O3/c1-16(2,3)14(20)19-8-6-18(7-9-19)11-4-5-12-13(10-11)22-15(21)17-12/h4-5,10H,6-9H2,1-3H3,(H,17,21). The fraction of sp³-hybridized carbons (Fsp3) is 0.500. The van der Waals surface area contributed by atoms with E-state index in [9.17, 15) is 9.59 Å². The number of rotatable bonds is 1. The molecule has 1 aromatic carbocycles. The smallest absolute Gasteiger partial charge is 0.408 e. The first kappa shape index (κ1) is 14.7. The number of nitrogens with zero attached hydrogens (tertiary/aromatic N) is 2. The zero-order valence-electron chi connectivity index (χ0n) is 13.2. The summed E-state index contributed by atoms with van der Waals surface area (Å²) >= 11 is 0. The number of benzene rings is 1. The van der Waals surface area contributed by atoms with Gasteiger partial charge >= 0.3 is 5.76 Å². The largest absolute Gasteiger partial charge is 0.417 e. The van der Waals surface area contributed by atoms with E-state index in [0.29, 0.717) is 24.2 Å². The van der Waals surface area contributed by atoms with E-state index in [-0.39, 0.29) is 11.3 Å². The van der Waals surface area contributed by atoms with Crippen LogP contribution in [0, 0.1) is 5.41 Å². The van der Waals surface area contributed by atoms with E-state index in [2.05, 4.69) is 9.88 Å². The van der Waals surface area contributed by atoms with Crippen molar-refractivity contribution in [2.45, 2.75) is 20.8 Å². The molecular weight excluding hydrogens is 282 g/mol. The molecule has 0 unspecified atom stereocenters. The van der Waals surface area contributed by atoms with E-state index in [1.807, 2.05) is 43.9 Å². The minimum absolute atomic E-state index is 0.194. The van der Waals surface area contributed by atoms with Gasteiger partial charge in [-0.05, 0) is 12.1 Å². The Morgan fingerprint density at radius 3 is 2.50 bits per heavy atom. The number of aromatic amines is 1. The summed E-state index contributed by atoms with van der Waals surface area (Å²) in [5.41, 5.74) is 1.94. The monoisotopic (exact) mass is 303 g/mol. The van der Waals surface area contributed by atoms with Crippen molar-refractivity contribution >= 4 is 22.7 Å². The summed E-state index contributed by atoms with van der Waals surface area (Å²) in [6.07, 6.45) is 0. The number of oxazole rings is 1. The van der Waals surface area contributed by atoms with Gasteiger partial charge in [-0.15, -0.1) is 0 Å². The van der Waals surface area contributed by atoms with Crippen molar-refractivity contribution in [3.8, 4) is 0 Å². The predicted molar refractivity (Wildman–Crippen MR) is 85.1 cm³/mol. The van der Waals surface area contributed by atoms with Gasteiger partial charge in [0.2, 0.25) is 5.91 Å². The van der Waals surface area contributed by atoms with Crippen molar-refractivity contribution in [2.75, 3.05) is 31.1 Å². The van der Waals surface area contributed by atoms with Gasteiger partial charge < -0.3 is 14.2 Å². The molecule has 0 atom stereocenters. The van der Waals surface area contributed by atoms with E-state index < -0.39 is 5.76 Å². The number of nitrogens with one attached hydrogen (secondary N) is 1. The summed E-state index contributed by atoms with van der Waals surface area (Å²) in [5.74, 6) is -0.244. The summed E-state index contributed by atoms with van der Waals surface area (Å²) in [4.78, 5) is 30.3. The highest BCUT2D eigenvalue weighted by Crippen LogP contribution is 2.23. The fourth-order valence-corrected chi connectivity index (χ4v) is 2.77. The first-order valence-corrected chi connectivity index (χ1v) is 7.52. The van der Waals surface area contributed by atoms with Crippen LogP contribution in [0.2, 0.25) is 0 Å². The Balaban J connectivity index is 1.72. The molecule has 3 rings (SSSR count). The summed E-state index contributed by atoms with van der Waals surface area (Å²) in [6.45, 7) is 8.83. The maximum Gasteiger partial charge on any atom is 0.417 e. The Labute approximate surface area is 128 Å². The Morgan fingerprint density at radius 1 is 1.18 bits per heavy atom. The van der Waals surface area contributed by atoms with Crippen LogP contribution in [0.1, 0.15) is 20.8 Å². The highest BCUT2D eigenvalue weighted by Gasteiger charge is 2.29. The molecule has 6 heteroatoms. The second kappa shape index (κ2) is 5.19. The zero-order chi connectivity index (χ0) is 15.9. The van der Waals surface area contributed by atoms with Gasteiger partial charge in [-0.25, -0.2) is 4.79 Å². The number of carbonyl (C=O) groups is 1. The first-order chi connectivity index (χ1) is 10.3. The van der Waals surface area contributed by atoms with Crippen molar-refractivity contribution in [3.63, 3.8) is 0 Å². The minimum atomic E-state index is -0.437. The molecule has 1 aliphatic rings. The van der Waals surface area contributed by atoms with Crippen LogP contribution in [0.4, 0.5) is 5.69 Å². The second-order valence-electron chi connectivity index (χ2n) is 6.72. The molecule has 1 amide bonds. The van der Waals surface area contributed by atoms with Crippen molar-refractivity contribution in [3.05, 3.63) is 28.7 Å². The molecule has 1 fully saturated rings. The molecule has 22 heavy (non-hydrogen) atoms. The average Bonchev–Trinajstić information content (AvgIpc) is 2.84. The third-order valence-electron chi connectivity index (χ3n) is 3.98. The summed E-state index contributed by atoms with van der Waals surface area (Å²) in [5, 5.41) is 0. The SMILES string of the molecule is CC(C)(C)C(=O)N1CCN(c2ccc3[nH]c(=O)oc3c2)CC1. The van der Waals surface area contributed by atoms with Crippen LogP contribution in [0.5, 0.6) is 0 Å². The fourth-order valence-electron chi connectivity index (χ4n) is 2.77. The van der Waals surface area contributed by atoms with Crippen molar-refractivity contribution in [1.29, 1.82) is 0 Å². The normalized spacial score (nSPS) is 16.3. The zero-order valence-corrected chi connectivity index (χ0v) is 13.2. The molecule has 0 bridgehead atoms. The summed E-state index contributed by atoms with van der Waals surface area (Å²) in [6, 6.07) is 5.69. The van der Waals surface area contributed by atoms with Crippen LogP contribution in [-0.2, 0) is 4.79 Å². The molecule has 1 aliphatic heterocycles. The number of hydrogen-bond acceptors (Lipinski definition) is 4. The molecule has 2 heterocycles. The van der Waals surface area contributed by atoms with Gasteiger partial charge in [0, 0.05) is 43.3 Å². The number of piperazine rings is 1.